The second-order valence-corrected chi connectivity index (χ2v) is 5.94. The number of thiocarbonyl (C=S) groups is 1. The first-order chi connectivity index (χ1) is 9.06. The van der Waals surface area contributed by atoms with Crippen molar-refractivity contribution in [2.24, 2.45) is 0 Å². The third-order valence-electron chi connectivity index (χ3n) is 3.20. The normalized spacial score (nSPS) is 16.2. The quantitative estimate of drug-likeness (QED) is 0.613. The smallest absolute Gasteiger partial charge is 0.171 e. The van der Waals surface area contributed by atoms with Crippen LogP contribution in [0.3, 0.4) is 0 Å². The zero-order valence-electron chi connectivity index (χ0n) is 10.3. The number of nitrogens with one attached hydrogen (secondary N) is 2. The van der Waals surface area contributed by atoms with E-state index in [2.05, 4.69) is 26.6 Å². The molecule has 104 valence electrons. The van der Waals surface area contributed by atoms with Gasteiger partial charge in [-0.15, -0.1) is 0 Å². The molecule has 0 atom stereocenters. The molecule has 1 fully saturated rings. The lowest BCUT2D eigenvalue weighted by Gasteiger charge is -2.24. The Morgan fingerprint density at radius 3 is 2.53 bits per heavy atom. The maximum atomic E-state index is 13.6. The first-order valence-corrected chi connectivity index (χ1v) is 7.48. The van der Waals surface area contributed by atoms with Gasteiger partial charge < -0.3 is 10.6 Å². The zero-order chi connectivity index (χ0) is 13.8. The molecule has 19 heavy (non-hydrogen) atoms. The Morgan fingerprint density at radius 2 is 1.84 bits per heavy atom. The molecular weight excluding hydrogens is 334 g/mol. The Bertz CT molecular complexity index is 476. The van der Waals surface area contributed by atoms with Crippen molar-refractivity contribution in [3.8, 4) is 0 Å². The van der Waals surface area contributed by atoms with Gasteiger partial charge in [0.25, 0.3) is 0 Å². The van der Waals surface area contributed by atoms with Crippen LogP contribution in [0.5, 0.6) is 0 Å². The predicted octanol–water partition coefficient (Wildman–Crippen LogP) is 4.35. The van der Waals surface area contributed by atoms with Gasteiger partial charge in [-0.25, -0.2) is 8.78 Å². The van der Waals surface area contributed by atoms with Gasteiger partial charge in [0.2, 0.25) is 0 Å². The van der Waals surface area contributed by atoms with Crippen molar-refractivity contribution in [1.29, 1.82) is 0 Å². The van der Waals surface area contributed by atoms with Crippen LogP contribution in [-0.4, -0.2) is 11.2 Å². The molecule has 1 aliphatic carbocycles. The highest BCUT2D eigenvalue weighted by Gasteiger charge is 2.15. The molecule has 6 heteroatoms. The van der Waals surface area contributed by atoms with Gasteiger partial charge in [0.05, 0.1) is 10.2 Å². The van der Waals surface area contributed by atoms with Gasteiger partial charge in [-0.2, -0.15) is 0 Å². The fourth-order valence-corrected chi connectivity index (χ4v) is 2.80. The highest BCUT2D eigenvalue weighted by Crippen LogP contribution is 2.23. The molecule has 0 spiro atoms. The highest BCUT2D eigenvalue weighted by atomic mass is 79.9. The molecule has 0 aliphatic heterocycles. The molecule has 2 nitrogen and oxygen atoms in total. The standard InChI is InChI=1S/C13H15BrF2N2S/c14-9-6-11(16)12(7-10(9)15)18-13(19)17-8-4-2-1-3-5-8/h6-8H,1-5H2,(H2,17,18,19). The summed E-state index contributed by atoms with van der Waals surface area (Å²) in [5, 5.41) is 6.20. The van der Waals surface area contributed by atoms with Crippen molar-refractivity contribution >= 4 is 38.9 Å². The summed E-state index contributed by atoms with van der Waals surface area (Å²) in [4.78, 5) is 0. The van der Waals surface area contributed by atoms with E-state index in [1.807, 2.05) is 0 Å². The van der Waals surface area contributed by atoms with Crippen LogP contribution in [0.25, 0.3) is 0 Å². The molecule has 0 unspecified atom stereocenters. The van der Waals surface area contributed by atoms with Gasteiger partial charge in [-0.05, 0) is 47.1 Å². The number of rotatable bonds is 2. The van der Waals surface area contributed by atoms with E-state index in [1.54, 1.807) is 0 Å². The van der Waals surface area contributed by atoms with Gasteiger partial charge in [-0.1, -0.05) is 19.3 Å². The summed E-state index contributed by atoms with van der Waals surface area (Å²) >= 11 is 8.06. The highest BCUT2D eigenvalue weighted by molar-refractivity contribution is 9.10. The summed E-state index contributed by atoms with van der Waals surface area (Å²) in [7, 11) is 0. The molecule has 0 amide bonds. The molecule has 2 N–H and O–H groups in total. The topological polar surface area (TPSA) is 24.1 Å². The lowest BCUT2D eigenvalue weighted by atomic mass is 9.96. The lowest BCUT2D eigenvalue weighted by molar-refractivity contribution is 0.414. The first kappa shape index (κ1) is 14.7. The van der Waals surface area contributed by atoms with Gasteiger partial charge in [0.1, 0.15) is 11.6 Å². The Balaban J connectivity index is 1.96. The van der Waals surface area contributed by atoms with Crippen LogP contribution in [-0.2, 0) is 0 Å². The Kier molecular flexibility index (Phi) is 5.10. The van der Waals surface area contributed by atoms with Gasteiger partial charge in [0, 0.05) is 12.1 Å². The summed E-state index contributed by atoms with van der Waals surface area (Å²) in [5.41, 5.74) is 0.0500. The van der Waals surface area contributed by atoms with E-state index in [9.17, 15) is 8.78 Å². The van der Waals surface area contributed by atoms with Crippen molar-refractivity contribution in [2.75, 3.05) is 5.32 Å². The van der Waals surface area contributed by atoms with Crippen molar-refractivity contribution in [3.63, 3.8) is 0 Å². The predicted molar refractivity (Wildman–Crippen MR) is 80.3 cm³/mol. The molecular formula is C13H15BrF2N2S. The van der Waals surface area contributed by atoms with Crippen LogP contribution in [0.2, 0.25) is 0 Å². The second kappa shape index (κ2) is 6.61. The molecule has 0 saturated heterocycles. The Labute approximate surface area is 125 Å². The second-order valence-electron chi connectivity index (χ2n) is 4.68. The molecule has 0 aromatic heterocycles. The maximum absolute atomic E-state index is 13.6. The van der Waals surface area contributed by atoms with Crippen LogP contribution in [0, 0.1) is 11.6 Å². The van der Waals surface area contributed by atoms with E-state index in [-0.39, 0.29) is 10.2 Å². The van der Waals surface area contributed by atoms with E-state index in [0.717, 1.165) is 25.0 Å². The summed E-state index contributed by atoms with van der Waals surface area (Å²) in [6.07, 6.45) is 5.76. The van der Waals surface area contributed by atoms with Crippen LogP contribution < -0.4 is 10.6 Å². The van der Waals surface area contributed by atoms with Crippen LogP contribution in [0.15, 0.2) is 16.6 Å². The monoisotopic (exact) mass is 348 g/mol. The van der Waals surface area contributed by atoms with Gasteiger partial charge in [-0.3, -0.25) is 0 Å². The van der Waals surface area contributed by atoms with Crippen LogP contribution in [0.4, 0.5) is 14.5 Å². The third kappa shape index (κ3) is 4.11. The van der Waals surface area contributed by atoms with Crippen LogP contribution >= 0.6 is 28.1 Å². The molecule has 1 aliphatic rings. The molecule has 2 rings (SSSR count). The molecule has 1 aromatic rings. The minimum absolute atomic E-state index is 0.0500. The fourth-order valence-electron chi connectivity index (χ4n) is 2.21. The minimum atomic E-state index is -0.541. The fraction of sp³-hybridized carbons (Fsp3) is 0.462. The van der Waals surface area contributed by atoms with Crippen LogP contribution in [0.1, 0.15) is 32.1 Å². The summed E-state index contributed by atoms with van der Waals surface area (Å²) < 4.78 is 27.1. The van der Waals surface area contributed by atoms with Crippen molar-refractivity contribution < 1.29 is 8.78 Å². The SMILES string of the molecule is Fc1cc(NC(=S)NC2CCCCC2)c(F)cc1Br. The molecule has 1 saturated carbocycles. The van der Waals surface area contributed by atoms with E-state index in [4.69, 9.17) is 12.2 Å². The van der Waals surface area contributed by atoms with Gasteiger partial charge >= 0.3 is 0 Å². The number of halogens is 3. The third-order valence-corrected chi connectivity index (χ3v) is 4.03. The molecule has 1 aromatic carbocycles. The Morgan fingerprint density at radius 1 is 1.16 bits per heavy atom. The summed E-state index contributed by atoms with van der Waals surface area (Å²) in [5.74, 6) is -1.06. The van der Waals surface area contributed by atoms with E-state index in [1.165, 1.54) is 19.3 Å². The Hall–Kier alpha value is -0.750. The minimum Gasteiger partial charge on any atom is -0.360 e. The largest absolute Gasteiger partial charge is 0.360 e. The average molecular weight is 349 g/mol. The lowest BCUT2D eigenvalue weighted by Crippen LogP contribution is -2.39. The number of anilines is 1. The molecule has 0 bridgehead atoms. The average Bonchev–Trinajstić information content (AvgIpc) is 2.37. The summed E-state index contributed by atoms with van der Waals surface area (Å²) in [6, 6.07) is 2.51. The van der Waals surface area contributed by atoms with E-state index in [0.29, 0.717) is 11.2 Å². The van der Waals surface area contributed by atoms with Crippen molar-refractivity contribution in [1.82, 2.24) is 5.32 Å². The first-order valence-electron chi connectivity index (χ1n) is 6.28. The van der Waals surface area contributed by atoms with E-state index >= 15 is 0 Å². The number of benzene rings is 1. The van der Waals surface area contributed by atoms with Crippen molar-refractivity contribution in [3.05, 3.63) is 28.2 Å². The maximum Gasteiger partial charge on any atom is 0.171 e. The van der Waals surface area contributed by atoms with Crippen molar-refractivity contribution in [2.45, 2.75) is 38.1 Å². The van der Waals surface area contributed by atoms with E-state index < -0.39 is 11.6 Å². The number of hydrogen-bond donors (Lipinski definition) is 2. The number of hydrogen-bond acceptors (Lipinski definition) is 1. The molecule has 0 heterocycles. The zero-order valence-corrected chi connectivity index (χ0v) is 12.7. The summed E-state index contributed by atoms with van der Waals surface area (Å²) in [6.45, 7) is 0. The van der Waals surface area contributed by atoms with Gasteiger partial charge in [0.15, 0.2) is 5.11 Å². The molecule has 0 radical (unpaired) electrons.